The van der Waals surface area contributed by atoms with Crippen LogP contribution in [0.2, 0.25) is 0 Å². The van der Waals surface area contributed by atoms with Crippen molar-refractivity contribution in [2.75, 3.05) is 6.54 Å². The van der Waals surface area contributed by atoms with Crippen LogP contribution in [0.1, 0.15) is 18.7 Å². The van der Waals surface area contributed by atoms with Crippen LogP contribution in [0.5, 0.6) is 0 Å². The van der Waals surface area contributed by atoms with E-state index in [2.05, 4.69) is 10.1 Å². The Balaban J connectivity index is 2.11. The number of aromatic nitrogens is 3. The molecule has 14 heavy (non-hydrogen) atoms. The molecule has 0 bridgehead atoms. The van der Waals surface area contributed by atoms with Crippen molar-refractivity contribution in [2.45, 2.75) is 24.9 Å². The lowest BCUT2D eigenvalue weighted by Crippen LogP contribution is -2.38. The molecule has 1 fully saturated rings. The summed E-state index contributed by atoms with van der Waals surface area (Å²) in [5.74, 6) is 0.800. The maximum Gasteiger partial charge on any atom is 0.138 e. The van der Waals surface area contributed by atoms with Gasteiger partial charge in [-0.3, -0.25) is 4.68 Å². The molecule has 5 heteroatoms. The zero-order valence-electron chi connectivity index (χ0n) is 8.28. The van der Waals surface area contributed by atoms with Crippen LogP contribution in [0.15, 0.2) is 6.33 Å². The molecule has 1 unspecified atom stereocenters. The highest BCUT2D eigenvalue weighted by Gasteiger charge is 2.45. The summed E-state index contributed by atoms with van der Waals surface area (Å²) in [5.41, 5.74) is 4.21. The number of hydrogen-bond acceptors (Lipinski definition) is 3. The quantitative estimate of drug-likeness (QED) is 0.763. The fraction of sp³-hybridized carbons (Fsp3) is 0.778. The molecule has 0 amide bonds. The molecule has 1 aromatic heterocycles. The Kier molecular flexibility index (Phi) is 2.26. The van der Waals surface area contributed by atoms with Gasteiger partial charge in [-0.05, 0) is 18.8 Å². The second kappa shape index (κ2) is 3.31. The van der Waals surface area contributed by atoms with Gasteiger partial charge in [-0.1, -0.05) is 0 Å². The summed E-state index contributed by atoms with van der Waals surface area (Å²) in [6.45, 7) is 0.0739. The first-order chi connectivity index (χ1) is 6.65. The predicted octanol–water partition coefficient (Wildman–Crippen LogP) is 0.435. The van der Waals surface area contributed by atoms with Gasteiger partial charge < -0.3 is 5.73 Å². The molecular formula is C9H15FN4. The highest BCUT2D eigenvalue weighted by Crippen LogP contribution is 2.43. The van der Waals surface area contributed by atoms with Gasteiger partial charge in [0.2, 0.25) is 0 Å². The summed E-state index contributed by atoms with van der Waals surface area (Å²) in [6, 6.07) is 0. The van der Waals surface area contributed by atoms with Crippen molar-refractivity contribution in [3.63, 3.8) is 0 Å². The Labute approximate surface area is 82.3 Å². The standard InChI is InChI=1S/C9H15FN4/c1-14-8(12-6-13-14)4-9(10,5-11)7-2-3-7/h6-7H,2-5,11H2,1H3. The largest absolute Gasteiger partial charge is 0.328 e. The third-order valence-electron chi connectivity index (χ3n) is 2.91. The molecule has 1 atom stereocenters. The Bertz CT molecular complexity index is 320. The molecule has 2 rings (SSSR count). The van der Waals surface area contributed by atoms with Gasteiger partial charge in [-0.25, -0.2) is 9.37 Å². The Morgan fingerprint density at radius 2 is 2.43 bits per heavy atom. The van der Waals surface area contributed by atoms with E-state index in [-0.39, 0.29) is 18.9 Å². The van der Waals surface area contributed by atoms with Crippen molar-refractivity contribution in [1.29, 1.82) is 0 Å². The summed E-state index contributed by atoms with van der Waals surface area (Å²) in [7, 11) is 1.77. The number of aryl methyl sites for hydroxylation is 1. The lowest BCUT2D eigenvalue weighted by molar-refractivity contribution is 0.138. The average Bonchev–Trinajstić information content (AvgIpc) is 2.95. The first-order valence-corrected chi connectivity index (χ1v) is 4.87. The van der Waals surface area contributed by atoms with Crippen LogP contribution >= 0.6 is 0 Å². The van der Waals surface area contributed by atoms with Crippen molar-refractivity contribution in [3.05, 3.63) is 12.2 Å². The SMILES string of the molecule is Cn1ncnc1CC(F)(CN)C1CC1. The van der Waals surface area contributed by atoms with Crippen LogP contribution in [0, 0.1) is 5.92 Å². The van der Waals surface area contributed by atoms with E-state index in [0.717, 1.165) is 12.8 Å². The number of halogens is 1. The molecular weight excluding hydrogens is 183 g/mol. The highest BCUT2D eigenvalue weighted by atomic mass is 19.1. The van der Waals surface area contributed by atoms with Gasteiger partial charge in [0, 0.05) is 20.0 Å². The van der Waals surface area contributed by atoms with E-state index in [1.807, 2.05) is 0 Å². The zero-order valence-corrected chi connectivity index (χ0v) is 8.28. The molecule has 0 saturated heterocycles. The van der Waals surface area contributed by atoms with Crippen LogP contribution in [-0.2, 0) is 13.5 Å². The Morgan fingerprint density at radius 1 is 1.71 bits per heavy atom. The molecule has 78 valence electrons. The zero-order chi connectivity index (χ0) is 10.2. The van der Waals surface area contributed by atoms with Crippen molar-refractivity contribution in [2.24, 2.45) is 18.7 Å². The van der Waals surface area contributed by atoms with E-state index in [1.54, 1.807) is 11.7 Å². The molecule has 0 radical (unpaired) electrons. The number of alkyl halides is 1. The third kappa shape index (κ3) is 1.64. The minimum Gasteiger partial charge on any atom is -0.328 e. The fourth-order valence-corrected chi connectivity index (χ4v) is 1.73. The maximum absolute atomic E-state index is 14.2. The van der Waals surface area contributed by atoms with Crippen molar-refractivity contribution in [3.8, 4) is 0 Å². The van der Waals surface area contributed by atoms with Gasteiger partial charge in [0.15, 0.2) is 0 Å². The van der Waals surface area contributed by atoms with E-state index in [4.69, 9.17) is 5.73 Å². The molecule has 0 aliphatic heterocycles. The van der Waals surface area contributed by atoms with Gasteiger partial charge in [0.25, 0.3) is 0 Å². The smallest absolute Gasteiger partial charge is 0.138 e. The molecule has 2 N–H and O–H groups in total. The lowest BCUT2D eigenvalue weighted by Gasteiger charge is -2.22. The van der Waals surface area contributed by atoms with E-state index < -0.39 is 5.67 Å². The molecule has 1 heterocycles. The maximum atomic E-state index is 14.2. The molecule has 4 nitrogen and oxygen atoms in total. The minimum atomic E-state index is -1.28. The molecule has 1 aromatic rings. The summed E-state index contributed by atoms with van der Waals surface area (Å²) in [6.07, 6.45) is 3.63. The van der Waals surface area contributed by atoms with Crippen LogP contribution in [-0.4, -0.2) is 27.0 Å². The minimum absolute atomic E-state index is 0.0739. The number of nitrogens with two attached hydrogens (primary N) is 1. The van der Waals surface area contributed by atoms with Gasteiger partial charge in [-0.15, -0.1) is 0 Å². The van der Waals surface area contributed by atoms with Crippen LogP contribution in [0.4, 0.5) is 4.39 Å². The summed E-state index contributed by atoms with van der Waals surface area (Å²) in [4.78, 5) is 4.02. The topological polar surface area (TPSA) is 56.7 Å². The highest BCUT2D eigenvalue weighted by molar-refractivity contribution is 5.03. The van der Waals surface area contributed by atoms with Crippen LogP contribution in [0.3, 0.4) is 0 Å². The normalized spacial score (nSPS) is 20.8. The van der Waals surface area contributed by atoms with Crippen LogP contribution in [0.25, 0.3) is 0 Å². The predicted molar refractivity (Wildman–Crippen MR) is 50.3 cm³/mol. The molecule has 0 spiro atoms. The summed E-state index contributed by atoms with van der Waals surface area (Å²) in [5, 5.41) is 3.91. The Hall–Kier alpha value is -0.970. The fourth-order valence-electron chi connectivity index (χ4n) is 1.73. The molecule has 1 saturated carbocycles. The lowest BCUT2D eigenvalue weighted by atomic mass is 9.95. The number of rotatable bonds is 4. The molecule has 1 aliphatic carbocycles. The van der Waals surface area contributed by atoms with E-state index in [9.17, 15) is 4.39 Å². The monoisotopic (exact) mass is 198 g/mol. The van der Waals surface area contributed by atoms with E-state index >= 15 is 0 Å². The van der Waals surface area contributed by atoms with Crippen molar-refractivity contribution < 1.29 is 4.39 Å². The summed E-state index contributed by atoms with van der Waals surface area (Å²) >= 11 is 0. The van der Waals surface area contributed by atoms with Gasteiger partial charge in [0.05, 0.1) is 0 Å². The van der Waals surface area contributed by atoms with E-state index in [0.29, 0.717) is 5.82 Å². The third-order valence-corrected chi connectivity index (χ3v) is 2.91. The van der Waals surface area contributed by atoms with Crippen molar-refractivity contribution in [1.82, 2.24) is 14.8 Å². The second-order valence-corrected chi connectivity index (χ2v) is 3.99. The second-order valence-electron chi connectivity index (χ2n) is 3.99. The van der Waals surface area contributed by atoms with E-state index in [1.165, 1.54) is 6.33 Å². The van der Waals surface area contributed by atoms with Gasteiger partial charge in [0.1, 0.15) is 17.8 Å². The number of hydrogen-bond donors (Lipinski definition) is 1. The van der Waals surface area contributed by atoms with Gasteiger partial charge >= 0.3 is 0 Å². The Morgan fingerprint density at radius 3 is 2.86 bits per heavy atom. The van der Waals surface area contributed by atoms with Crippen LogP contribution < -0.4 is 5.73 Å². The van der Waals surface area contributed by atoms with Crippen molar-refractivity contribution >= 4 is 0 Å². The average molecular weight is 198 g/mol. The number of nitrogens with zero attached hydrogens (tertiary/aromatic N) is 3. The van der Waals surface area contributed by atoms with Gasteiger partial charge in [-0.2, -0.15) is 5.10 Å². The molecule has 0 aromatic carbocycles. The summed E-state index contributed by atoms with van der Waals surface area (Å²) < 4.78 is 15.8. The first kappa shape index (κ1) is 9.58. The molecule has 1 aliphatic rings. The first-order valence-electron chi connectivity index (χ1n) is 4.87.